The third-order valence-corrected chi connectivity index (χ3v) is 6.71. The lowest BCUT2D eigenvalue weighted by atomic mass is 9.99. The van der Waals surface area contributed by atoms with Gasteiger partial charge in [0.05, 0.1) is 12.3 Å². The van der Waals surface area contributed by atoms with Gasteiger partial charge in [0.1, 0.15) is 16.5 Å². The van der Waals surface area contributed by atoms with Gasteiger partial charge in [-0.3, -0.25) is 0 Å². The highest BCUT2D eigenvalue weighted by atomic mass is 32.1. The summed E-state index contributed by atoms with van der Waals surface area (Å²) in [4.78, 5) is 5.75. The van der Waals surface area contributed by atoms with Crippen molar-refractivity contribution in [2.75, 3.05) is 6.61 Å². The zero-order chi connectivity index (χ0) is 22.0. The molecule has 0 fully saturated rings. The van der Waals surface area contributed by atoms with Crippen molar-refractivity contribution < 1.29 is 22.6 Å². The minimum absolute atomic E-state index is 0.238. The maximum absolute atomic E-state index is 12.3. The van der Waals surface area contributed by atoms with E-state index in [2.05, 4.69) is 34.8 Å². The smallest absolute Gasteiger partial charge is 0.493 e. The highest BCUT2D eigenvalue weighted by Gasteiger charge is 2.31. The summed E-state index contributed by atoms with van der Waals surface area (Å²) in [6, 6.07) is 12.2. The number of ether oxygens (including phenoxy) is 2. The Morgan fingerprint density at radius 3 is 2.55 bits per heavy atom. The van der Waals surface area contributed by atoms with Gasteiger partial charge in [0, 0.05) is 16.9 Å². The average Bonchev–Trinajstić information content (AvgIpc) is 3.30. The molecule has 1 aliphatic rings. The molecular weight excluding hydrogens is 423 g/mol. The molecule has 0 unspecified atom stereocenters. The third kappa shape index (κ3) is 5.21. The van der Waals surface area contributed by atoms with E-state index >= 15 is 0 Å². The monoisotopic (exact) mass is 447 g/mol. The molecule has 1 heterocycles. The predicted octanol–water partition coefficient (Wildman–Crippen LogP) is 7.08. The summed E-state index contributed by atoms with van der Waals surface area (Å²) in [5, 5.41) is 0.772. The molecule has 1 aromatic heterocycles. The van der Waals surface area contributed by atoms with Crippen molar-refractivity contribution in [2.24, 2.45) is 0 Å². The normalized spacial score (nSPS) is 15.7. The van der Waals surface area contributed by atoms with Gasteiger partial charge in [-0.2, -0.15) is 0 Å². The van der Waals surface area contributed by atoms with Gasteiger partial charge >= 0.3 is 6.36 Å². The zero-order valence-corrected chi connectivity index (χ0v) is 18.3. The molecule has 1 atom stereocenters. The lowest BCUT2D eigenvalue weighted by Gasteiger charge is -2.10. The van der Waals surface area contributed by atoms with Crippen molar-refractivity contribution in [3.05, 3.63) is 64.2 Å². The molecule has 3 aromatic rings. The van der Waals surface area contributed by atoms with Crippen molar-refractivity contribution in [2.45, 2.75) is 51.8 Å². The number of thiazole rings is 1. The predicted molar refractivity (Wildman–Crippen MR) is 116 cm³/mol. The van der Waals surface area contributed by atoms with Crippen LogP contribution < -0.4 is 9.47 Å². The summed E-state index contributed by atoms with van der Waals surface area (Å²) in [7, 11) is 0. The van der Waals surface area contributed by atoms with E-state index in [-0.39, 0.29) is 5.75 Å². The van der Waals surface area contributed by atoms with E-state index in [1.807, 2.05) is 6.92 Å². The molecule has 2 aromatic carbocycles. The number of hydrogen-bond donors (Lipinski definition) is 0. The zero-order valence-electron chi connectivity index (χ0n) is 17.5. The van der Waals surface area contributed by atoms with Gasteiger partial charge in [-0.05, 0) is 79.6 Å². The number of fused-ring (bicyclic) bond motifs is 1. The highest BCUT2D eigenvalue weighted by Crippen LogP contribution is 2.37. The number of hydrogen-bond acceptors (Lipinski definition) is 4. The van der Waals surface area contributed by atoms with Crippen LogP contribution in [0, 0.1) is 6.92 Å². The fraction of sp³-hybridized carbons (Fsp3) is 0.375. The van der Waals surface area contributed by atoms with E-state index in [0.29, 0.717) is 18.9 Å². The Morgan fingerprint density at radius 2 is 1.84 bits per heavy atom. The maximum atomic E-state index is 12.3. The molecule has 164 valence electrons. The molecule has 0 aliphatic heterocycles. The van der Waals surface area contributed by atoms with Gasteiger partial charge in [0.25, 0.3) is 0 Å². The van der Waals surface area contributed by atoms with Crippen LogP contribution in [-0.4, -0.2) is 18.0 Å². The summed E-state index contributed by atoms with van der Waals surface area (Å²) >= 11 is 1.52. The second kappa shape index (κ2) is 8.91. The van der Waals surface area contributed by atoms with Gasteiger partial charge in [-0.15, -0.1) is 24.5 Å². The number of halogens is 3. The molecule has 0 spiro atoms. The quantitative estimate of drug-likeness (QED) is 0.388. The van der Waals surface area contributed by atoms with Crippen molar-refractivity contribution >= 4 is 11.3 Å². The molecule has 3 nitrogen and oxygen atoms in total. The summed E-state index contributed by atoms with van der Waals surface area (Å²) in [5.74, 6) is 1.33. The molecule has 7 heteroatoms. The van der Waals surface area contributed by atoms with Crippen LogP contribution in [0.1, 0.15) is 47.4 Å². The molecule has 0 bridgehead atoms. The lowest BCUT2D eigenvalue weighted by Crippen LogP contribution is -2.16. The Kier molecular flexibility index (Phi) is 6.23. The van der Waals surface area contributed by atoms with E-state index in [1.54, 1.807) is 12.1 Å². The maximum Gasteiger partial charge on any atom is 0.573 e. The van der Waals surface area contributed by atoms with E-state index in [4.69, 9.17) is 4.74 Å². The summed E-state index contributed by atoms with van der Waals surface area (Å²) < 4.78 is 46.8. The minimum Gasteiger partial charge on any atom is -0.493 e. The van der Waals surface area contributed by atoms with Crippen LogP contribution in [0.3, 0.4) is 0 Å². The van der Waals surface area contributed by atoms with Gasteiger partial charge in [0.2, 0.25) is 0 Å². The number of aromatic nitrogens is 1. The number of benzene rings is 2. The van der Waals surface area contributed by atoms with Crippen LogP contribution in [0.5, 0.6) is 11.5 Å². The van der Waals surface area contributed by atoms with Crippen molar-refractivity contribution in [1.82, 2.24) is 4.98 Å². The van der Waals surface area contributed by atoms with Gasteiger partial charge < -0.3 is 9.47 Å². The molecule has 0 N–H and O–H groups in total. The number of alkyl halides is 3. The third-order valence-electron chi connectivity index (χ3n) is 5.64. The molecule has 31 heavy (non-hydrogen) atoms. The molecule has 0 saturated carbocycles. The largest absolute Gasteiger partial charge is 0.573 e. The Morgan fingerprint density at radius 1 is 1.10 bits per heavy atom. The summed E-state index contributed by atoms with van der Waals surface area (Å²) in [6.07, 6.45) is -0.502. The number of rotatable bonds is 7. The van der Waals surface area contributed by atoms with Crippen LogP contribution >= 0.6 is 11.3 Å². The molecule has 0 radical (unpaired) electrons. The standard InChI is InChI=1S/C24H24F3NO2S/c1-3-16-4-5-18-14-20(10-11-21(16)18)29-13-12-22-15(2)31-23(28-22)17-6-8-19(9-7-17)30-24(25,26)27/h6-11,14,16H,3-5,12-13H2,1-2H3/t16-/m1/s1. The van der Waals surface area contributed by atoms with Crippen LogP contribution in [0.15, 0.2) is 42.5 Å². The molecule has 0 saturated heterocycles. The number of aryl methyl sites for hydroxylation is 2. The average molecular weight is 448 g/mol. The fourth-order valence-electron chi connectivity index (χ4n) is 4.04. The van der Waals surface area contributed by atoms with Crippen molar-refractivity contribution in [3.63, 3.8) is 0 Å². The van der Waals surface area contributed by atoms with Crippen molar-refractivity contribution in [1.29, 1.82) is 0 Å². The molecule has 0 amide bonds. The summed E-state index contributed by atoms with van der Waals surface area (Å²) in [6.45, 7) is 4.76. The first-order valence-corrected chi connectivity index (χ1v) is 11.2. The van der Waals surface area contributed by atoms with Crippen molar-refractivity contribution in [3.8, 4) is 22.1 Å². The Labute approximate surface area is 183 Å². The lowest BCUT2D eigenvalue weighted by molar-refractivity contribution is -0.274. The number of nitrogens with zero attached hydrogens (tertiary/aromatic N) is 1. The molecular formula is C24H24F3NO2S. The first kappa shape index (κ1) is 21.7. The first-order chi connectivity index (χ1) is 14.8. The SMILES string of the molecule is CC[C@@H]1CCc2cc(OCCc3nc(-c4ccc(OC(F)(F)F)cc4)sc3C)ccc21. The van der Waals surface area contributed by atoms with E-state index in [1.165, 1.54) is 47.4 Å². The van der Waals surface area contributed by atoms with E-state index in [0.717, 1.165) is 33.3 Å². The molecule has 4 rings (SSSR count). The topological polar surface area (TPSA) is 31.4 Å². The van der Waals surface area contributed by atoms with Gasteiger partial charge in [-0.25, -0.2) is 4.98 Å². The molecule has 1 aliphatic carbocycles. The second-order valence-corrected chi connectivity index (χ2v) is 8.90. The Bertz CT molecular complexity index is 1040. The van der Waals surface area contributed by atoms with E-state index < -0.39 is 6.36 Å². The fourth-order valence-corrected chi connectivity index (χ4v) is 5.01. The van der Waals surface area contributed by atoms with Gasteiger partial charge in [-0.1, -0.05) is 13.0 Å². The van der Waals surface area contributed by atoms with Crippen LogP contribution in [0.25, 0.3) is 10.6 Å². The Hall–Kier alpha value is -2.54. The van der Waals surface area contributed by atoms with Gasteiger partial charge in [0.15, 0.2) is 0 Å². The second-order valence-electron chi connectivity index (χ2n) is 7.70. The minimum atomic E-state index is -4.69. The van der Waals surface area contributed by atoms with E-state index in [9.17, 15) is 13.2 Å². The first-order valence-electron chi connectivity index (χ1n) is 10.4. The van der Waals surface area contributed by atoms with Crippen LogP contribution in [0.4, 0.5) is 13.2 Å². The summed E-state index contributed by atoms with van der Waals surface area (Å²) in [5.41, 5.74) is 4.57. The van der Waals surface area contributed by atoms with Crippen LogP contribution in [-0.2, 0) is 12.8 Å². The highest BCUT2D eigenvalue weighted by molar-refractivity contribution is 7.15. The Balaban J connectivity index is 1.36. The van der Waals surface area contributed by atoms with Crippen LogP contribution in [0.2, 0.25) is 0 Å².